The molecule has 2 aromatic rings. The van der Waals surface area contributed by atoms with E-state index in [1.165, 1.54) is 11.8 Å². The summed E-state index contributed by atoms with van der Waals surface area (Å²) in [6.45, 7) is 7.37. The highest BCUT2D eigenvalue weighted by Gasteiger charge is 2.26. The molecule has 0 bridgehead atoms. The lowest BCUT2D eigenvalue weighted by atomic mass is 10.1. The van der Waals surface area contributed by atoms with Gasteiger partial charge in [0.2, 0.25) is 0 Å². The Labute approximate surface area is 138 Å². The van der Waals surface area contributed by atoms with E-state index in [0.29, 0.717) is 34.3 Å². The van der Waals surface area contributed by atoms with Gasteiger partial charge in [0.15, 0.2) is 10.9 Å². The molecule has 0 amide bonds. The number of carbonyl (C=O) groups is 2. The van der Waals surface area contributed by atoms with Crippen molar-refractivity contribution in [1.29, 1.82) is 0 Å². The predicted octanol–water partition coefficient (Wildman–Crippen LogP) is 2.30. The van der Waals surface area contributed by atoms with E-state index in [2.05, 4.69) is 15.2 Å². The van der Waals surface area contributed by atoms with Crippen molar-refractivity contribution in [3.63, 3.8) is 0 Å². The molecule has 0 fully saturated rings. The van der Waals surface area contributed by atoms with Crippen molar-refractivity contribution in [2.45, 2.75) is 38.1 Å². The van der Waals surface area contributed by atoms with Gasteiger partial charge in [-0.3, -0.25) is 4.79 Å². The molecule has 1 atom stereocenters. The van der Waals surface area contributed by atoms with Crippen LogP contribution in [-0.2, 0) is 11.8 Å². The second-order valence-electron chi connectivity index (χ2n) is 5.19. The van der Waals surface area contributed by atoms with Gasteiger partial charge in [-0.05, 0) is 33.3 Å². The van der Waals surface area contributed by atoms with Crippen LogP contribution in [0.25, 0.3) is 0 Å². The summed E-state index contributed by atoms with van der Waals surface area (Å²) in [6.07, 6.45) is 1.59. The number of nitrogens with one attached hydrogen (secondary N) is 1. The van der Waals surface area contributed by atoms with Gasteiger partial charge in [-0.1, -0.05) is 11.8 Å². The number of ketones is 1. The lowest BCUT2D eigenvalue weighted by molar-refractivity contribution is 0.0525. The number of hydrogen-bond donors (Lipinski definition) is 1. The largest absolute Gasteiger partial charge is 0.462 e. The fourth-order valence-electron chi connectivity index (χ4n) is 2.30. The molecule has 0 aliphatic heterocycles. The third-order valence-corrected chi connectivity index (χ3v) is 4.63. The number of carbonyl (C=O) groups excluding carboxylic acids is 2. The number of ether oxygens (including phenoxy) is 1. The molecule has 0 aliphatic rings. The van der Waals surface area contributed by atoms with Crippen molar-refractivity contribution in [3.8, 4) is 0 Å². The molecule has 0 aromatic carbocycles. The van der Waals surface area contributed by atoms with E-state index in [-0.39, 0.29) is 11.0 Å². The molecule has 2 heterocycles. The van der Waals surface area contributed by atoms with Crippen LogP contribution in [0.1, 0.15) is 46.0 Å². The van der Waals surface area contributed by atoms with Crippen LogP contribution >= 0.6 is 11.8 Å². The summed E-state index contributed by atoms with van der Waals surface area (Å²) in [5.41, 5.74) is 2.13. The lowest BCUT2D eigenvalue weighted by Gasteiger charge is -2.09. The molecular formula is C15H20N4O3S. The Balaban J connectivity index is 2.24. The molecular weight excluding hydrogens is 316 g/mol. The number of nitrogens with zero attached hydrogens (tertiary/aromatic N) is 3. The number of aromatic amines is 1. The van der Waals surface area contributed by atoms with Crippen molar-refractivity contribution in [1.82, 2.24) is 19.7 Å². The van der Waals surface area contributed by atoms with Crippen LogP contribution < -0.4 is 0 Å². The van der Waals surface area contributed by atoms with Gasteiger partial charge in [-0.15, -0.1) is 10.2 Å². The fraction of sp³-hybridized carbons (Fsp3) is 0.467. The average Bonchev–Trinajstić information content (AvgIpc) is 3.02. The normalized spacial score (nSPS) is 12.2. The van der Waals surface area contributed by atoms with Crippen LogP contribution in [-0.4, -0.2) is 43.4 Å². The van der Waals surface area contributed by atoms with Gasteiger partial charge in [0.1, 0.15) is 6.33 Å². The summed E-state index contributed by atoms with van der Waals surface area (Å²) in [5, 5.41) is 8.07. The zero-order valence-corrected chi connectivity index (χ0v) is 14.7. The van der Waals surface area contributed by atoms with Crippen LogP contribution in [0.15, 0.2) is 11.5 Å². The quantitative estimate of drug-likeness (QED) is 0.494. The highest BCUT2D eigenvalue weighted by atomic mass is 32.2. The molecule has 7 nitrogen and oxygen atoms in total. The maximum absolute atomic E-state index is 12.7. The smallest absolute Gasteiger partial charge is 0.340 e. The summed E-state index contributed by atoms with van der Waals surface area (Å²) in [6, 6.07) is 0. The van der Waals surface area contributed by atoms with Crippen LogP contribution in [0.3, 0.4) is 0 Å². The number of H-pyrrole nitrogens is 1. The first kappa shape index (κ1) is 17.3. The Morgan fingerprint density at radius 1 is 1.43 bits per heavy atom. The van der Waals surface area contributed by atoms with Crippen molar-refractivity contribution < 1.29 is 14.3 Å². The minimum atomic E-state index is -0.411. The van der Waals surface area contributed by atoms with E-state index >= 15 is 0 Å². The van der Waals surface area contributed by atoms with E-state index in [1.54, 1.807) is 38.6 Å². The molecule has 0 radical (unpaired) electrons. The average molecular weight is 336 g/mol. The Morgan fingerprint density at radius 3 is 2.70 bits per heavy atom. The molecule has 0 saturated heterocycles. The zero-order valence-electron chi connectivity index (χ0n) is 13.8. The van der Waals surface area contributed by atoms with Gasteiger partial charge < -0.3 is 14.3 Å². The van der Waals surface area contributed by atoms with Gasteiger partial charge in [-0.25, -0.2) is 4.79 Å². The first-order chi connectivity index (χ1) is 10.9. The van der Waals surface area contributed by atoms with Crippen LogP contribution in [0.5, 0.6) is 0 Å². The summed E-state index contributed by atoms with van der Waals surface area (Å²) >= 11 is 1.33. The number of Topliss-reactive ketones (excluding diaryl/α,β-unsaturated/α-hetero) is 1. The molecule has 1 unspecified atom stereocenters. The van der Waals surface area contributed by atoms with Crippen molar-refractivity contribution in [2.75, 3.05) is 6.61 Å². The maximum Gasteiger partial charge on any atom is 0.340 e. The number of esters is 1. The van der Waals surface area contributed by atoms with Crippen molar-refractivity contribution in [2.24, 2.45) is 7.05 Å². The third kappa shape index (κ3) is 3.47. The van der Waals surface area contributed by atoms with Gasteiger partial charge in [0.05, 0.1) is 23.1 Å². The second-order valence-corrected chi connectivity index (χ2v) is 6.50. The molecule has 2 aromatic heterocycles. The van der Waals surface area contributed by atoms with E-state index in [0.717, 1.165) is 0 Å². The SMILES string of the molecule is CCOC(=O)c1c(C)[nH]c(C(=O)C(C)Sc2nncn2C)c1C. The van der Waals surface area contributed by atoms with Gasteiger partial charge in [-0.2, -0.15) is 0 Å². The minimum Gasteiger partial charge on any atom is -0.462 e. The Morgan fingerprint density at radius 2 is 2.13 bits per heavy atom. The van der Waals surface area contributed by atoms with Crippen LogP contribution in [0.4, 0.5) is 0 Å². The first-order valence-electron chi connectivity index (χ1n) is 7.27. The van der Waals surface area contributed by atoms with Crippen LogP contribution in [0, 0.1) is 13.8 Å². The number of aryl methyl sites for hydroxylation is 2. The lowest BCUT2D eigenvalue weighted by Crippen LogP contribution is -2.16. The summed E-state index contributed by atoms with van der Waals surface area (Å²) in [4.78, 5) is 27.7. The highest BCUT2D eigenvalue weighted by molar-refractivity contribution is 8.00. The van der Waals surface area contributed by atoms with E-state index in [1.807, 2.05) is 7.05 Å². The molecule has 0 aliphatic carbocycles. The van der Waals surface area contributed by atoms with Crippen molar-refractivity contribution >= 4 is 23.5 Å². The molecule has 0 saturated carbocycles. The molecule has 8 heteroatoms. The Hall–Kier alpha value is -2.09. The minimum absolute atomic E-state index is 0.0888. The second kappa shape index (κ2) is 6.99. The van der Waals surface area contributed by atoms with E-state index < -0.39 is 5.97 Å². The number of aromatic nitrogens is 4. The van der Waals surface area contributed by atoms with Crippen LogP contribution in [0.2, 0.25) is 0 Å². The number of rotatable bonds is 6. The van der Waals surface area contributed by atoms with Crippen molar-refractivity contribution in [3.05, 3.63) is 28.8 Å². The van der Waals surface area contributed by atoms with Gasteiger partial charge >= 0.3 is 5.97 Å². The number of hydrogen-bond acceptors (Lipinski definition) is 6. The molecule has 124 valence electrons. The Kier molecular flexibility index (Phi) is 5.25. The summed E-state index contributed by atoms with van der Waals surface area (Å²) in [7, 11) is 1.82. The highest BCUT2D eigenvalue weighted by Crippen LogP contribution is 2.26. The number of thioether (sulfide) groups is 1. The predicted molar refractivity (Wildman–Crippen MR) is 86.9 cm³/mol. The summed E-state index contributed by atoms with van der Waals surface area (Å²) in [5.74, 6) is -0.499. The third-order valence-electron chi connectivity index (χ3n) is 3.48. The molecule has 23 heavy (non-hydrogen) atoms. The fourth-order valence-corrected chi connectivity index (χ4v) is 3.15. The topological polar surface area (TPSA) is 89.9 Å². The van der Waals surface area contributed by atoms with Gasteiger partial charge in [0.25, 0.3) is 0 Å². The molecule has 0 spiro atoms. The molecule has 2 rings (SSSR count). The summed E-state index contributed by atoms with van der Waals surface area (Å²) < 4.78 is 6.80. The standard InChI is InChI=1S/C15H20N4O3S/c1-6-22-14(21)11-8(2)12(17-9(11)3)13(20)10(4)23-15-18-16-7-19(15)5/h7,10,17H,6H2,1-5H3. The van der Waals surface area contributed by atoms with Gasteiger partial charge in [0, 0.05) is 12.7 Å². The monoisotopic (exact) mass is 336 g/mol. The first-order valence-corrected chi connectivity index (χ1v) is 8.15. The molecule has 1 N–H and O–H groups in total. The van der Waals surface area contributed by atoms with E-state index in [4.69, 9.17) is 4.74 Å². The van der Waals surface area contributed by atoms with E-state index in [9.17, 15) is 9.59 Å². The zero-order chi connectivity index (χ0) is 17.1. The Bertz CT molecular complexity index is 735. The maximum atomic E-state index is 12.7.